The number of fused-ring (bicyclic) bond motifs is 1. The van der Waals surface area contributed by atoms with Crippen LogP contribution in [0.1, 0.15) is 5.56 Å². The summed E-state index contributed by atoms with van der Waals surface area (Å²) < 4.78 is 33.9. The van der Waals surface area contributed by atoms with E-state index in [0.717, 1.165) is 0 Å². The molecule has 0 amide bonds. The first kappa shape index (κ1) is 9.21. The van der Waals surface area contributed by atoms with Gasteiger partial charge in [-0.15, -0.1) is 8.78 Å². The van der Waals surface area contributed by atoms with Crippen LogP contribution in [0.4, 0.5) is 8.78 Å². The maximum atomic E-state index is 12.7. The van der Waals surface area contributed by atoms with E-state index in [0.29, 0.717) is 5.56 Å². The van der Waals surface area contributed by atoms with Gasteiger partial charge in [0.2, 0.25) is 0 Å². The monoisotopic (exact) mass is 202 g/mol. The smallest absolute Gasteiger partial charge is 0.396 e. The molecule has 0 radical (unpaired) electrons. The minimum Gasteiger partial charge on any atom is -0.396 e. The number of aliphatic hydroxyl groups excluding tert-OH is 1. The molecule has 2 rings (SSSR count). The van der Waals surface area contributed by atoms with E-state index in [1.807, 2.05) is 0 Å². The lowest BCUT2D eigenvalue weighted by Gasteiger charge is -2.05. The van der Waals surface area contributed by atoms with Crippen molar-refractivity contribution in [2.45, 2.75) is 12.7 Å². The Morgan fingerprint density at radius 1 is 1.29 bits per heavy atom. The topological polar surface area (TPSA) is 38.7 Å². The molecule has 0 saturated carbocycles. The number of benzene rings is 1. The van der Waals surface area contributed by atoms with Crippen LogP contribution in [0.5, 0.6) is 11.5 Å². The first-order valence-corrected chi connectivity index (χ1v) is 4.11. The average molecular weight is 202 g/mol. The zero-order chi connectivity index (χ0) is 10.2. The van der Waals surface area contributed by atoms with Crippen molar-refractivity contribution in [2.24, 2.45) is 0 Å². The highest BCUT2D eigenvalue weighted by atomic mass is 19.3. The Bertz CT molecular complexity index is 352. The summed E-state index contributed by atoms with van der Waals surface area (Å²) in [7, 11) is 0. The van der Waals surface area contributed by atoms with Gasteiger partial charge in [0.05, 0.1) is 0 Å². The van der Waals surface area contributed by atoms with Crippen molar-refractivity contribution in [3.8, 4) is 11.5 Å². The second kappa shape index (κ2) is 3.09. The minimum atomic E-state index is -3.59. The number of rotatable bonds is 2. The summed E-state index contributed by atoms with van der Waals surface area (Å²) in [6.45, 7) is -0.120. The summed E-state index contributed by atoms with van der Waals surface area (Å²) in [5, 5.41) is 8.70. The Kier molecular flexibility index (Phi) is 2.03. The van der Waals surface area contributed by atoms with Gasteiger partial charge in [0.1, 0.15) is 0 Å². The zero-order valence-corrected chi connectivity index (χ0v) is 7.17. The highest BCUT2D eigenvalue weighted by Gasteiger charge is 2.44. The molecule has 0 aliphatic carbocycles. The Labute approximate surface area is 78.9 Å². The van der Waals surface area contributed by atoms with Gasteiger partial charge in [0, 0.05) is 12.2 Å². The normalized spacial score (nSPS) is 17.1. The van der Waals surface area contributed by atoms with Crippen LogP contribution >= 0.6 is 0 Å². The van der Waals surface area contributed by atoms with Gasteiger partial charge in [-0.1, -0.05) is 12.1 Å². The molecule has 3 nitrogen and oxygen atoms in total. The highest BCUT2D eigenvalue weighted by molar-refractivity contribution is 5.48. The molecule has 0 saturated heterocycles. The number of alkyl halides is 2. The SMILES string of the molecule is OCCc1cccc2c1OC(F)(F)O2. The van der Waals surface area contributed by atoms with Gasteiger partial charge < -0.3 is 14.6 Å². The van der Waals surface area contributed by atoms with E-state index in [1.54, 1.807) is 12.1 Å². The number of ether oxygens (including phenoxy) is 2. The maximum Gasteiger partial charge on any atom is 0.586 e. The molecule has 0 bridgehead atoms. The van der Waals surface area contributed by atoms with Crippen LogP contribution in [-0.4, -0.2) is 18.0 Å². The summed E-state index contributed by atoms with van der Waals surface area (Å²) in [4.78, 5) is 0. The van der Waals surface area contributed by atoms with Crippen molar-refractivity contribution in [1.29, 1.82) is 0 Å². The predicted molar refractivity (Wildman–Crippen MR) is 43.4 cm³/mol. The van der Waals surface area contributed by atoms with Crippen LogP contribution in [0.2, 0.25) is 0 Å². The number of hydrogen-bond donors (Lipinski definition) is 1. The first-order chi connectivity index (χ1) is 6.62. The summed E-state index contributed by atoms with van der Waals surface area (Å²) in [5.41, 5.74) is 0.516. The van der Waals surface area contributed by atoms with Gasteiger partial charge in [-0.2, -0.15) is 0 Å². The number of para-hydroxylation sites is 1. The lowest BCUT2D eigenvalue weighted by Crippen LogP contribution is -2.26. The van der Waals surface area contributed by atoms with E-state index in [2.05, 4.69) is 9.47 Å². The molecule has 0 aromatic heterocycles. The molecule has 1 aliphatic rings. The third-order valence-corrected chi connectivity index (χ3v) is 1.89. The largest absolute Gasteiger partial charge is 0.586 e. The molecule has 76 valence electrons. The molecule has 0 unspecified atom stereocenters. The molecule has 1 N–H and O–H groups in total. The second-order valence-corrected chi connectivity index (χ2v) is 2.89. The minimum absolute atomic E-state index is 0.0148. The lowest BCUT2D eigenvalue weighted by atomic mass is 10.1. The molecule has 1 heterocycles. The van der Waals surface area contributed by atoms with E-state index < -0.39 is 6.29 Å². The van der Waals surface area contributed by atoms with Gasteiger partial charge >= 0.3 is 6.29 Å². The van der Waals surface area contributed by atoms with Crippen molar-refractivity contribution < 1.29 is 23.4 Å². The maximum absolute atomic E-state index is 12.7. The Balaban J connectivity index is 2.36. The molecule has 1 aromatic rings. The third-order valence-electron chi connectivity index (χ3n) is 1.89. The lowest BCUT2D eigenvalue weighted by molar-refractivity contribution is -0.286. The Morgan fingerprint density at radius 3 is 2.79 bits per heavy atom. The first-order valence-electron chi connectivity index (χ1n) is 4.11. The van der Waals surface area contributed by atoms with E-state index in [-0.39, 0.29) is 24.5 Å². The number of aliphatic hydroxyl groups is 1. The molecular weight excluding hydrogens is 194 g/mol. The summed E-state index contributed by atoms with van der Waals surface area (Å²) in [6.07, 6.45) is -3.32. The van der Waals surface area contributed by atoms with Gasteiger partial charge in [-0.3, -0.25) is 0 Å². The van der Waals surface area contributed by atoms with Gasteiger partial charge in [-0.05, 0) is 12.5 Å². The number of halogens is 2. The molecule has 14 heavy (non-hydrogen) atoms. The van der Waals surface area contributed by atoms with Crippen LogP contribution in [0.3, 0.4) is 0 Å². The fourth-order valence-electron chi connectivity index (χ4n) is 1.34. The van der Waals surface area contributed by atoms with Gasteiger partial charge in [-0.25, -0.2) is 0 Å². The Hall–Kier alpha value is -1.36. The molecule has 0 fully saturated rings. The van der Waals surface area contributed by atoms with Crippen molar-refractivity contribution in [3.05, 3.63) is 23.8 Å². The van der Waals surface area contributed by atoms with Crippen molar-refractivity contribution in [3.63, 3.8) is 0 Å². The summed E-state index contributed by atoms with van der Waals surface area (Å²) >= 11 is 0. The van der Waals surface area contributed by atoms with Crippen LogP contribution in [-0.2, 0) is 6.42 Å². The quantitative estimate of drug-likeness (QED) is 0.790. The van der Waals surface area contributed by atoms with E-state index in [1.165, 1.54) is 6.07 Å². The molecular formula is C9H8F2O3. The van der Waals surface area contributed by atoms with Crippen molar-refractivity contribution in [2.75, 3.05) is 6.61 Å². The fraction of sp³-hybridized carbons (Fsp3) is 0.333. The second-order valence-electron chi connectivity index (χ2n) is 2.89. The van der Waals surface area contributed by atoms with Crippen LogP contribution in [0.15, 0.2) is 18.2 Å². The highest BCUT2D eigenvalue weighted by Crippen LogP contribution is 2.43. The standard InChI is InChI=1S/C9H8F2O3/c10-9(11)13-7-3-1-2-6(4-5-12)8(7)14-9/h1-3,12H,4-5H2. The Morgan fingerprint density at radius 2 is 2.07 bits per heavy atom. The van der Waals surface area contributed by atoms with Crippen LogP contribution in [0, 0.1) is 0 Å². The fourth-order valence-corrected chi connectivity index (χ4v) is 1.34. The van der Waals surface area contributed by atoms with Crippen LogP contribution < -0.4 is 9.47 Å². The molecule has 0 atom stereocenters. The molecule has 0 spiro atoms. The van der Waals surface area contributed by atoms with Crippen LogP contribution in [0.25, 0.3) is 0 Å². The van der Waals surface area contributed by atoms with E-state index in [9.17, 15) is 8.78 Å². The zero-order valence-electron chi connectivity index (χ0n) is 7.17. The molecule has 5 heteroatoms. The van der Waals surface area contributed by atoms with Crippen molar-refractivity contribution in [1.82, 2.24) is 0 Å². The third kappa shape index (κ3) is 1.50. The average Bonchev–Trinajstić information content (AvgIpc) is 2.41. The van der Waals surface area contributed by atoms with E-state index in [4.69, 9.17) is 5.11 Å². The van der Waals surface area contributed by atoms with Crippen molar-refractivity contribution >= 4 is 0 Å². The van der Waals surface area contributed by atoms with Gasteiger partial charge in [0.25, 0.3) is 0 Å². The summed E-state index contributed by atoms with van der Waals surface area (Å²) in [5.74, 6) is 0.0347. The van der Waals surface area contributed by atoms with Gasteiger partial charge in [0.15, 0.2) is 11.5 Å². The van der Waals surface area contributed by atoms with E-state index >= 15 is 0 Å². The number of hydrogen-bond acceptors (Lipinski definition) is 3. The summed E-state index contributed by atoms with van der Waals surface area (Å²) in [6, 6.07) is 4.59. The molecule has 1 aliphatic heterocycles. The molecule has 1 aromatic carbocycles. The predicted octanol–water partition coefficient (Wildman–Crippen LogP) is 1.54.